The molecular weight excluding hydrogens is 395 g/mol. The molecule has 2 N–H and O–H groups in total. The summed E-state index contributed by atoms with van der Waals surface area (Å²) in [5.41, 5.74) is 1.86. The van der Waals surface area contributed by atoms with Crippen LogP contribution in [0.25, 0.3) is 0 Å². The number of amidine groups is 1. The van der Waals surface area contributed by atoms with Crippen LogP contribution in [0.15, 0.2) is 58.7 Å². The Bertz CT molecular complexity index is 959. The van der Waals surface area contributed by atoms with Crippen molar-refractivity contribution < 1.29 is 18.7 Å². The van der Waals surface area contributed by atoms with Crippen LogP contribution in [0.2, 0.25) is 0 Å². The highest BCUT2D eigenvalue weighted by Crippen LogP contribution is 2.23. The average Bonchev–Trinajstić information content (AvgIpc) is 2.72. The summed E-state index contributed by atoms with van der Waals surface area (Å²) < 4.78 is 18.1. The predicted molar refractivity (Wildman–Crippen MR) is 112 cm³/mol. The first-order valence-corrected chi connectivity index (χ1v) is 9.62. The summed E-state index contributed by atoms with van der Waals surface area (Å²) in [5.74, 6) is -0.277. The molecule has 2 amide bonds. The summed E-state index contributed by atoms with van der Waals surface area (Å²) in [7, 11) is 1.56. The van der Waals surface area contributed by atoms with Crippen molar-refractivity contribution in [2.75, 3.05) is 12.4 Å². The lowest BCUT2D eigenvalue weighted by Crippen LogP contribution is -2.41. The van der Waals surface area contributed by atoms with Gasteiger partial charge in [0.05, 0.1) is 12.8 Å². The number of methoxy groups -OCH3 is 1. The number of hydrogen-bond acceptors (Lipinski definition) is 6. The van der Waals surface area contributed by atoms with E-state index in [-0.39, 0.29) is 29.2 Å². The molecule has 1 atom stereocenters. The number of thioether (sulfide) groups is 1. The van der Waals surface area contributed by atoms with Crippen LogP contribution in [0.4, 0.5) is 10.1 Å². The minimum atomic E-state index is -0.633. The molecule has 1 saturated heterocycles. The first-order valence-electron chi connectivity index (χ1n) is 8.74. The summed E-state index contributed by atoms with van der Waals surface area (Å²) in [6.07, 6.45) is 0.0341. The minimum Gasteiger partial charge on any atom is -0.497 e. The van der Waals surface area contributed by atoms with Gasteiger partial charge in [-0.1, -0.05) is 23.9 Å². The van der Waals surface area contributed by atoms with Crippen molar-refractivity contribution in [1.29, 1.82) is 0 Å². The second-order valence-electron chi connectivity index (χ2n) is 6.17. The lowest BCUT2D eigenvalue weighted by molar-refractivity contribution is -0.123. The van der Waals surface area contributed by atoms with Gasteiger partial charge < -0.3 is 15.4 Å². The maximum absolute atomic E-state index is 13.0. The monoisotopic (exact) mass is 414 g/mol. The van der Waals surface area contributed by atoms with Gasteiger partial charge in [-0.2, -0.15) is 5.10 Å². The van der Waals surface area contributed by atoms with Crippen LogP contribution in [0.3, 0.4) is 0 Å². The molecule has 1 heterocycles. The van der Waals surface area contributed by atoms with E-state index in [1.54, 1.807) is 50.4 Å². The van der Waals surface area contributed by atoms with Gasteiger partial charge in [-0.3, -0.25) is 9.59 Å². The fraction of sp³-hybridized carbons (Fsp3) is 0.200. The second-order valence-corrected chi connectivity index (χ2v) is 7.37. The maximum Gasteiger partial charge on any atom is 0.238 e. The molecule has 2 aromatic carbocycles. The molecule has 29 heavy (non-hydrogen) atoms. The smallest absolute Gasteiger partial charge is 0.238 e. The third-order valence-corrected chi connectivity index (χ3v) is 5.15. The van der Waals surface area contributed by atoms with Gasteiger partial charge in [0.1, 0.15) is 16.8 Å². The van der Waals surface area contributed by atoms with Gasteiger partial charge in [0, 0.05) is 12.1 Å². The molecule has 2 aromatic rings. The van der Waals surface area contributed by atoms with E-state index in [4.69, 9.17) is 4.74 Å². The van der Waals surface area contributed by atoms with Gasteiger partial charge in [-0.25, -0.2) is 4.39 Å². The molecule has 0 radical (unpaired) electrons. The quantitative estimate of drug-likeness (QED) is 0.581. The molecule has 0 unspecified atom stereocenters. The largest absolute Gasteiger partial charge is 0.497 e. The first-order chi connectivity index (χ1) is 13.9. The molecule has 1 fully saturated rings. The molecule has 0 saturated carbocycles. The van der Waals surface area contributed by atoms with E-state index in [0.717, 1.165) is 11.8 Å². The summed E-state index contributed by atoms with van der Waals surface area (Å²) in [6.45, 7) is 1.72. The maximum atomic E-state index is 13.0. The zero-order valence-corrected chi connectivity index (χ0v) is 16.6. The topological polar surface area (TPSA) is 92.1 Å². The van der Waals surface area contributed by atoms with E-state index in [9.17, 15) is 14.0 Å². The number of rotatable bonds is 5. The average molecular weight is 414 g/mol. The SMILES string of the molecule is COc1ccc(NC(=O)[C@@H]2CC(=O)N/C(=N\N=C(\C)c3ccc(F)cc3)S2)cc1. The number of halogens is 1. The Labute approximate surface area is 171 Å². The van der Waals surface area contributed by atoms with Crippen LogP contribution in [-0.2, 0) is 9.59 Å². The molecule has 0 spiro atoms. The van der Waals surface area contributed by atoms with Crippen LogP contribution in [0.1, 0.15) is 18.9 Å². The van der Waals surface area contributed by atoms with E-state index in [1.807, 2.05) is 0 Å². The standard InChI is InChI=1S/C20H19FN4O3S/c1-12(13-3-5-14(21)6-4-13)24-25-20-23-18(26)11-17(29-20)19(27)22-15-7-9-16(28-2)10-8-15/h3-10,17H,11H2,1-2H3,(H,22,27)(H,23,25,26)/b24-12-/t17-/m0/s1. The van der Waals surface area contributed by atoms with Crippen LogP contribution in [0.5, 0.6) is 5.75 Å². The lowest BCUT2D eigenvalue weighted by Gasteiger charge is -2.21. The Balaban J connectivity index is 1.67. The second kappa shape index (κ2) is 9.33. The van der Waals surface area contributed by atoms with Gasteiger partial charge >= 0.3 is 0 Å². The molecule has 0 aliphatic carbocycles. The molecule has 0 bridgehead atoms. The number of ether oxygens (including phenoxy) is 1. The number of benzene rings is 2. The summed E-state index contributed by atoms with van der Waals surface area (Å²) >= 11 is 1.12. The van der Waals surface area contributed by atoms with Crippen LogP contribution >= 0.6 is 11.8 Å². The number of anilines is 1. The highest BCUT2D eigenvalue weighted by molar-refractivity contribution is 8.15. The molecule has 0 aromatic heterocycles. The molecule has 1 aliphatic heterocycles. The van der Waals surface area contributed by atoms with Crippen molar-refractivity contribution in [2.45, 2.75) is 18.6 Å². The van der Waals surface area contributed by atoms with Crippen molar-refractivity contribution in [3.8, 4) is 5.75 Å². The van der Waals surface area contributed by atoms with Crippen LogP contribution in [0, 0.1) is 5.82 Å². The molecule has 7 nitrogen and oxygen atoms in total. The van der Waals surface area contributed by atoms with Gasteiger partial charge in [0.25, 0.3) is 0 Å². The Morgan fingerprint density at radius 3 is 2.55 bits per heavy atom. The van der Waals surface area contributed by atoms with Crippen LogP contribution in [-0.4, -0.2) is 35.1 Å². The summed E-state index contributed by atoms with van der Waals surface area (Å²) in [5, 5.41) is 13.1. The number of nitrogens with one attached hydrogen (secondary N) is 2. The number of carbonyl (C=O) groups excluding carboxylic acids is 2. The zero-order chi connectivity index (χ0) is 20.8. The molecular formula is C20H19FN4O3S. The fourth-order valence-electron chi connectivity index (χ4n) is 2.51. The van der Waals surface area contributed by atoms with Crippen molar-refractivity contribution in [3.63, 3.8) is 0 Å². The van der Waals surface area contributed by atoms with Gasteiger partial charge in [0.15, 0.2) is 5.17 Å². The summed E-state index contributed by atoms with van der Waals surface area (Å²) in [6, 6.07) is 12.7. The van der Waals surface area contributed by atoms with Crippen molar-refractivity contribution in [3.05, 3.63) is 59.9 Å². The predicted octanol–water partition coefficient (Wildman–Crippen LogP) is 3.17. The van der Waals surface area contributed by atoms with E-state index in [0.29, 0.717) is 22.7 Å². The van der Waals surface area contributed by atoms with Crippen LogP contribution < -0.4 is 15.4 Å². The number of hydrogen-bond donors (Lipinski definition) is 2. The zero-order valence-electron chi connectivity index (χ0n) is 15.8. The van der Waals surface area contributed by atoms with E-state index in [1.165, 1.54) is 12.1 Å². The van der Waals surface area contributed by atoms with Crippen molar-refractivity contribution in [2.24, 2.45) is 10.2 Å². The third-order valence-electron chi connectivity index (χ3n) is 4.07. The Morgan fingerprint density at radius 2 is 1.90 bits per heavy atom. The Kier molecular flexibility index (Phi) is 6.61. The molecule has 150 valence electrons. The Hall–Kier alpha value is -3.20. The number of amides is 2. The number of nitrogens with zero attached hydrogens (tertiary/aromatic N) is 2. The van der Waals surface area contributed by atoms with E-state index < -0.39 is 5.25 Å². The first kappa shape index (κ1) is 20.5. The Morgan fingerprint density at radius 1 is 1.21 bits per heavy atom. The van der Waals surface area contributed by atoms with Gasteiger partial charge in [0.2, 0.25) is 11.8 Å². The molecule has 1 aliphatic rings. The van der Waals surface area contributed by atoms with Crippen molar-refractivity contribution in [1.82, 2.24) is 5.32 Å². The molecule has 9 heteroatoms. The molecule has 3 rings (SSSR count). The fourth-order valence-corrected chi connectivity index (χ4v) is 3.44. The minimum absolute atomic E-state index is 0.0341. The summed E-state index contributed by atoms with van der Waals surface area (Å²) in [4.78, 5) is 24.5. The highest BCUT2D eigenvalue weighted by atomic mass is 32.2. The van der Waals surface area contributed by atoms with Crippen molar-refractivity contribution >= 4 is 40.1 Å². The third kappa shape index (κ3) is 5.64. The van der Waals surface area contributed by atoms with Gasteiger partial charge in [-0.05, 0) is 48.9 Å². The van der Waals surface area contributed by atoms with E-state index >= 15 is 0 Å². The number of carbonyl (C=O) groups is 2. The highest BCUT2D eigenvalue weighted by Gasteiger charge is 2.30. The van der Waals surface area contributed by atoms with Gasteiger partial charge in [-0.15, -0.1) is 5.10 Å². The van der Waals surface area contributed by atoms with E-state index in [2.05, 4.69) is 20.8 Å². The lowest BCUT2D eigenvalue weighted by atomic mass is 10.1. The normalized spacial score (nSPS) is 18.3.